The summed E-state index contributed by atoms with van der Waals surface area (Å²) in [7, 11) is 1.94. The summed E-state index contributed by atoms with van der Waals surface area (Å²) in [6, 6.07) is 2.35. The van der Waals surface area contributed by atoms with Crippen LogP contribution in [0.15, 0.2) is 0 Å². The topological polar surface area (TPSA) is 69.5 Å². The monoisotopic (exact) mass is 356 g/mol. The highest BCUT2D eigenvalue weighted by Crippen LogP contribution is 2.33. The van der Waals surface area contributed by atoms with E-state index < -0.39 is 5.60 Å². The van der Waals surface area contributed by atoms with Crippen LogP contribution >= 0.6 is 23.1 Å². The molecule has 0 atom stereocenters. The third-order valence-corrected chi connectivity index (χ3v) is 5.04. The van der Waals surface area contributed by atoms with E-state index in [-0.39, 0.29) is 17.3 Å². The van der Waals surface area contributed by atoms with Crippen LogP contribution in [-0.4, -0.2) is 47.1 Å². The lowest BCUT2D eigenvalue weighted by molar-refractivity contribution is 0.0205. The van der Waals surface area contributed by atoms with E-state index in [2.05, 4.69) is 15.3 Å². The van der Waals surface area contributed by atoms with Crippen molar-refractivity contribution < 1.29 is 9.53 Å². The van der Waals surface area contributed by atoms with Gasteiger partial charge < -0.3 is 14.5 Å². The van der Waals surface area contributed by atoms with Crippen molar-refractivity contribution in [3.63, 3.8) is 0 Å². The molecule has 0 spiro atoms. The quantitative estimate of drug-likeness (QED) is 0.811. The molecule has 1 aliphatic rings. The first-order chi connectivity index (χ1) is 10.7. The van der Waals surface area contributed by atoms with Crippen LogP contribution in [-0.2, 0) is 4.74 Å². The van der Waals surface area contributed by atoms with Gasteiger partial charge in [0.15, 0.2) is 5.15 Å². The number of halogens is 1. The van der Waals surface area contributed by atoms with E-state index in [0.29, 0.717) is 18.7 Å². The molecule has 6 nitrogen and oxygen atoms in total. The molecule has 23 heavy (non-hydrogen) atoms. The Morgan fingerprint density at radius 3 is 2.61 bits per heavy atom. The van der Waals surface area contributed by atoms with Crippen LogP contribution in [0.25, 0.3) is 0 Å². The molecule has 0 N–H and O–H groups in total. The molecule has 0 saturated carbocycles. The second kappa shape index (κ2) is 6.93. The Hall–Kier alpha value is -1.52. The molecule has 1 saturated heterocycles. The maximum atomic E-state index is 12.1. The summed E-state index contributed by atoms with van der Waals surface area (Å²) in [5.41, 5.74) is -0.0556. The number of carbonyl (C=O) groups is 1. The molecule has 8 heteroatoms. The molecule has 1 amide bonds. The summed E-state index contributed by atoms with van der Waals surface area (Å²) < 4.78 is 9.45. The minimum absolute atomic E-state index is 0.248. The molecule has 0 aliphatic carbocycles. The van der Waals surface area contributed by atoms with Gasteiger partial charge in [0.05, 0.1) is 0 Å². The molecule has 2 heterocycles. The van der Waals surface area contributed by atoms with Crippen molar-refractivity contribution in [1.82, 2.24) is 9.27 Å². The van der Waals surface area contributed by atoms with Gasteiger partial charge in [0, 0.05) is 26.2 Å². The van der Waals surface area contributed by atoms with Crippen molar-refractivity contribution in [2.45, 2.75) is 45.3 Å². The average molecular weight is 357 g/mol. The number of anilines is 1. The summed E-state index contributed by atoms with van der Waals surface area (Å²) in [5, 5.41) is 10.2. The van der Waals surface area contributed by atoms with Gasteiger partial charge in [-0.1, -0.05) is 11.6 Å². The number of likely N-dealkylation sites (tertiary alicyclic amines) is 1. The van der Waals surface area contributed by atoms with Crippen LogP contribution in [0.2, 0.25) is 5.15 Å². The Balaban J connectivity index is 1.96. The van der Waals surface area contributed by atoms with Gasteiger partial charge in [0.2, 0.25) is 0 Å². The van der Waals surface area contributed by atoms with Crippen LogP contribution in [0.1, 0.15) is 39.2 Å². The minimum atomic E-state index is -0.480. The van der Waals surface area contributed by atoms with E-state index in [1.165, 1.54) is 11.5 Å². The van der Waals surface area contributed by atoms with E-state index >= 15 is 0 Å². The molecule has 1 aromatic rings. The SMILES string of the molecule is CN(c1snc(Cl)c1C#N)C1CCN(C(=O)OC(C)(C)C)CC1. The molecular weight excluding hydrogens is 336 g/mol. The van der Waals surface area contributed by atoms with Crippen molar-refractivity contribution in [2.24, 2.45) is 0 Å². The van der Waals surface area contributed by atoms with Crippen LogP contribution in [0.3, 0.4) is 0 Å². The maximum absolute atomic E-state index is 12.1. The fourth-order valence-corrected chi connectivity index (χ4v) is 3.59. The Labute approximate surface area is 145 Å². The molecule has 1 fully saturated rings. The zero-order valence-electron chi connectivity index (χ0n) is 13.8. The zero-order valence-corrected chi connectivity index (χ0v) is 15.4. The first-order valence-corrected chi connectivity index (χ1v) is 8.64. The highest BCUT2D eigenvalue weighted by molar-refractivity contribution is 7.10. The third-order valence-electron chi connectivity index (χ3n) is 3.73. The predicted molar refractivity (Wildman–Crippen MR) is 91.1 cm³/mol. The number of nitriles is 1. The first kappa shape index (κ1) is 17.8. The van der Waals surface area contributed by atoms with Gasteiger partial charge in [-0.15, -0.1) is 0 Å². The second-order valence-electron chi connectivity index (χ2n) is 6.57. The first-order valence-electron chi connectivity index (χ1n) is 7.49. The number of amides is 1. The fourth-order valence-electron chi connectivity index (χ4n) is 2.53. The van der Waals surface area contributed by atoms with Crippen LogP contribution < -0.4 is 4.90 Å². The number of rotatable bonds is 2. The van der Waals surface area contributed by atoms with Crippen LogP contribution in [0, 0.1) is 11.3 Å². The standard InChI is InChI=1S/C15H21ClN4O2S/c1-15(2,3)22-14(21)20-7-5-10(6-8-20)19(4)13-11(9-17)12(16)18-23-13/h10H,5-8H2,1-4H3. The predicted octanol–water partition coefficient (Wildman–Crippen LogP) is 3.50. The van der Waals surface area contributed by atoms with Crippen molar-refractivity contribution >= 4 is 34.2 Å². The smallest absolute Gasteiger partial charge is 0.410 e. The molecule has 1 aliphatic heterocycles. The lowest BCUT2D eigenvalue weighted by Crippen LogP contribution is -2.47. The largest absolute Gasteiger partial charge is 0.444 e. The Bertz CT molecular complexity index is 612. The van der Waals surface area contributed by atoms with Gasteiger partial charge in [0.1, 0.15) is 22.2 Å². The summed E-state index contributed by atoms with van der Waals surface area (Å²) >= 11 is 7.17. The van der Waals surface area contributed by atoms with E-state index in [9.17, 15) is 10.1 Å². The van der Waals surface area contributed by atoms with E-state index in [4.69, 9.17) is 16.3 Å². The zero-order chi connectivity index (χ0) is 17.2. The molecule has 1 aromatic heterocycles. The lowest BCUT2D eigenvalue weighted by Gasteiger charge is -2.37. The van der Waals surface area contributed by atoms with E-state index in [0.717, 1.165) is 17.8 Å². The summed E-state index contributed by atoms with van der Waals surface area (Å²) in [4.78, 5) is 15.9. The van der Waals surface area contributed by atoms with Crippen molar-refractivity contribution in [2.75, 3.05) is 25.0 Å². The molecular formula is C15H21ClN4O2S. The number of piperidine rings is 1. The van der Waals surface area contributed by atoms with Gasteiger partial charge in [0.25, 0.3) is 0 Å². The summed E-state index contributed by atoms with van der Waals surface area (Å²) in [6.07, 6.45) is 1.36. The van der Waals surface area contributed by atoms with Gasteiger partial charge in [-0.05, 0) is 45.1 Å². The average Bonchev–Trinajstić information content (AvgIpc) is 2.85. The fraction of sp³-hybridized carbons (Fsp3) is 0.667. The number of hydrogen-bond donors (Lipinski definition) is 0. The van der Waals surface area contributed by atoms with Gasteiger partial charge in [-0.25, -0.2) is 4.79 Å². The highest BCUT2D eigenvalue weighted by Gasteiger charge is 2.30. The minimum Gasteiger partial charge on any atom is -0.444 e. The van der Waals surface area contributed by atoms with Gasteiger partial charge in [-0.2, -0.15) is 9.64 Å². The lowest BCUT2D eigenvalue weighted by atomic mass is 10.0. The molecule has 0 radical (unpaired) electrons. The Morgan fingerprint density at radius 2 is 2.09 bits per heavy atom. The Kier molecular flexibility index (Phi) is 5.37. The third kappa shape index (κ3) is 4.27. The van der Waals surface area contributed by atoms with Crippen molar-refractivity contribution in [3.05, 3.63) is 10.7 Å². The van der Waals surface area contributed by atoms with E-state index in [1.54, 1.807) is 4.90 Å². The maximum Gasteiger partial charge on any atom is 0.410 e. The number of nitrogens with zero attached hydrogens (tertiary/aromatic N) is 4. The highest BCUT2D eigenvalue weighted by atomic mass is 35.5. The van der Waals surface area contributed by atoms with Crippen molar-refractivity contribution in [3.8, 4) is 6.07 Å². The molecule has 0 unspecified atom stereocenters. The Morgan fingerprint density at radius 1 is 1.48 bits per heavy atom. The van der Waals surface area contributed by atoms with E-state index in [1.807, 2.05) is 27.8 Å². The second-order valence-corrected chi connectivity index (χ2v) is 7.68. The van der Waals surface area contributed by atoms with Crippen LogP contribution in [0.5, 0.6) is 0 Å². The summed E-state index contributed by atoms with van der Waals surface area (Å²) in [5.74, 6) is 0. The number of ether oxygens (including phenoxy) is 1. The van der Waals surface area contributed by atoms with Gasteiger partial charge in [-0.3, -0.25) is 0 Å². The number of hydrogen-bond acceptors (Lipinski definition) is 6. The molecule has 0 bridgehead atoms. The summed E-state index contributed by atoms with van der Waals surface area (Å²) in [6.45, 7) is 6.86. The van der Waals surface area contributed by atoms with Crippen LogP contribution in [0.4, 0.5) is 9.80 Å². The van der Waals surface area contributed by atoms with Gasteiger partial charge >= 0.3 is 6.09 Å². The van der Waals surface area contributed by atoms with Crippen molar-refractivity contribution in [1.29, 1.82) is 5.26 Å². The molecule has 2 rings (SSSR count). The molecule has 126 valence electrons. The number of carbonyl (C=O) groups excluding carboxylic acids is 1. The molecule has 0 aromatic carbocycles. The normalized spacial score (nSPS) is 16.1. The number of aromatic nitrogens is 1.